The molecule has 0 saturated heterocycles. The molecule has 0 aliphatic heterocycles. The number of carbonyl (C=O) groups excluding carboxylic acids is 4. The maximum Gasteiger partial charge on any atom is 2.00 e. The van der Waals surface area contributed by atoms with Crippen molar-refractivity contribution in [1.82, 2.24) is 0 Å². The quantitative estimate of drug-likeness (QED) is 0.0277. The first kappa shape index (κ1) is 77.8. The van der Waals surface area contributed by atoms with Crippen LogP contribution in [0.1, 0.15) is 326 Å². The van der Waals surface area contributed by atoms with Crippen molar-refractivity contribution in [2.45, 2.75) is 285 Å². The number of allylic oxidation sites excluding steroid dienone is 2. The zero-order chi connectivity index (χ0) is 56.2. The number of carboxylic acid groups (broad SMARTS) is 2. The van der Waals surface area contributed by atoms with E-state index in [1.807, 2.05) is 24.3 Å². The second-order valence-corrected chi connectivity index (χ2v) is 20.4. The van der Waals surface area contributed by atoms with E-state index < -0.39 is 23.9 Å². The molecule has 0 saturated carbocycles. The smallest absolute Gasteiger partial charge is 0.545 e. The number of aromatic carboxylic acids is 2. The van der Waals surface area contributed by atoms with Crippen LogP contribution < -0.4 is 10.2 Å². The van der Waals surface area contributed by atoms with E-state index in [1.165, 1.54) is 243 Å². The summed E-state index contributed by atoms with van der Waals surface area (Å²) in [6.07, 6.45) is 60.5. The van der Waals surface area contributed by atoms with Gasteiger partial charge in [-0.1, -0.05) is 333 Å². The van der Waals surface area contributed by atoms with Crippen molar-refractivity contribution in [3.05, 3.63) is 109 Å². The predicted octanol–water partition coefficient (Wildman–Crippen LogP) is 18.5. The Balaban J connectivity index is -0.00000109. The Bertz CT molecular complexity index is 1540. The molecule has 0 fully saturated rings. The van der Waals surface area contributed by atoms with Crippen molar-refractivity contribution in [1.29, 1.82) is 0 Å². The summed E-state index contributed by atoms with van der Waals surface area (Å²) in [4.78, 5) is 46.0. The van der Waals surface area contributed by atoms with Crippen LogP contribution in [0, 0.1) is 13.8 Å². The fraction of sp³-hybridized carbons (Fsp3) is 0.676. The van der Waals surface area contributed by atoms with E-state index in [2.05, 4.69) is 41.5 Å². The van der Waals surface area contributed by atoms with Crippen molar-refractivity contribution in [2.75, 3.05) is 13.2 Å². The van der Waals surface area contributed by atoms with Gasteiger partial charge in [-0.2, -0.15) is 0 Å². The van der Waals surface area contributed by atoms with Gasteiger partial charge in [-0.05, 0) is 37.8 Å². The number of rotatable bonds is 46. The minimum Gasteiger partial charge on any atom is -0.545 e. The number of esters is 2. The zero-order valence-electron chi connectivity index (χ0n) is 49.8. The van der Waals surface area contributed by atoms with E-state index >= 15 is 0 Å². The number of hydrogen-bond donors (Lipinski definition) is 0. The van der Waals surface area contributed by atoms with E-state index in [0.717, 1.165) is 38.5 Å². The monoisotopic (exact) mass is 1180 g/mol. The third kappa shape index (κ3) is 53.0. The minimum atomic E-state index is -1.37. The van der Waals surface area contributed by atoms with E-state index in [4.69, 9.17) is 9.47 Å². The average Bonchev–Trinajstić information content (AvgIpc) is 3.43. The summed E-state index contributed by atoms with van der Waals surface area (Å²) in [5.41, 5.74) is -0.221. The Hall–Kier alpha value is -3.40. The molecule has 0 unspecified atom stereocenters. The first-order valence-corrected chi connectivity index (χ1v) is 31.0. The van der Waals surface area contributed by atoms with E-state index in [0.29, 0.717) is 0 Å². The third-order valence-electron chi connectivity index (χ3n) is 13.3. The molecule has 0 bridgehead atoms. The van der Waals surface area contributed by atoms with Gasteiger partial charge in [-0.15, -0.1) is 0 Å². The van der Waals surface area contributed by atoms with Gasteiger partial charge < -0.3 is 29.3 Å². The van der Waals surface area contributed by atoms with Crippen molar-refractivity contribution < 1.29 is 38.9 Å². The Morgan fingerprint density at radius 1 is 0.351 bits per heavy atom. The fourth-order valence-electron chi connectivity index (χ4n) is 8.57. The maximum atomic E-state index is 12.0. The third-order valence-corrected chi connectivity index (χ3v) is 13.3. The van der Waals surface area contributed by atoms with Crippen LogP contribution in [0.25, 0.3) is 0 Å². The number of ether oxygens (including phenoxy) is 2. The molecule has 0 N–H and O–H groups in total. The summed E-state index contributed by atoms with van der Waals surface area (Å²) in [6, 6.07) is 11.9. The second kappa shape index (κ2) is 63.4. The van der Waals surface area contributed by atoms with Crippen LogP contribution in [0.15, 0.2) is 72.8 Å². The molecule has 9 heteroatoms. The van der Waals surface area contributed by atoms with Crippen molar-refractivity contribution in [3.8, 4) is 0 Å². The number of hydrogen-bond acceptors (Lipinski definition) is 8. The van der Waals surface area contributed by atoms with Crippen LogP contribution in [0.5, 0.6) is 0 Å². The molecule has 0 atom stereocenters. The molecule has 2 rings (SSSR count). The molecule has 0 spiro atoms. The molecule has 0 aliphatic rings. The van der Waals surface area contributed by atoms with Crippen LogP contribution in [0.3, 0.4) is 0 Å². The Kier molecular flexibility index (Phi) is 64.1. The van der Waals surface area contributed by atoms with Crippen LogP contribution in [0.2, 0.25) is 0 Å². The van der Waals surface area contributed by atoms with Gasteiger partial charge in [0, 0.05) is 11.1 Å². The summed E-state index contributed by atoms with van der Waals surface area (Å²) in [5, 5.41) is 22.1. The van der Waals surface area contributed by atoms with Crippen LogP contribution in [-0.2, 0) is 9.47 Å². The second-order valence-electron chi connectivity index (χ2n) is 20.4. The van der Waals surface area contributed by atoms with E-state index in [-0.39, 0.29) is 59.4 Å². The molecule has 4 radical (unpaired) electrons. The predicted molar refractivity (Wildman–Crippen MR) is 324 cm³/mol. The average molecular weight is 1180 g/mol. The molecule has 8 nitrogen and oxygen atoms in total. The molecule has 0 heterocycles. The summed E-state index contributed by atoms with van der Waals surface area (Å²) in [6.45, 7) is 16.9. The minimum absolute atomic E-state index is 0. The van der Waals surface area contributed by atoms with Gasteiger partial charge in [0.25, 0.3) is 0 Å². The standard InChI is InChI=1S/2C26H40O4.2C8H17.Sn/c2*1-2-3-4-5-6-7-8-9-10-11-12-13-14-15-16-19-22-30-26(29)24-21-18-17-20-23(24)25(27)28;2*1-3-5-7-8-6-4-2;/h2*16-21H,2-15,22H2,1H3,(H,27,28);2*1,3-8H2,2H3;/q;;;;+2/p-2/b2*19-16+;;;. The fourth-order valence-corrected chi connectivity index (χ4v) is 8.57. The van der Waals surface area contributed by atoms with Crippen LogP contribution in [0.4, 0.5) is 0 Å². The molecule has 77 heavy (non-hydrogen) atoms. The van der Waals surface area contributed by atoms with Gasteiger partial charge in [-0.25, -0.2) is 9.59 Å². The molecule has 2 aromatic carbocycles. The van der Waals surface area contributed by atoms with Gasteiger partial charge >= 0.3 is 35.8 Å². The Morgan fingerprint density at radius 2 is 0.571 bits per heavy atom. The Morgan fingerprint density at radius 3 is 0.805 bits per heavy atom. The van der Waals surface area contributed by atoms with Gasteiger partial charge in [0.15, 0.2) is 0 Å². The SMILES string of the molecule is CCCCCCCCCCCCCCC/C=C/COC(=O)c1ccccc1C(=O)[O-].CCCCCCCCCCCCCCC/C=C/COC(=O)c1ccccc1C(=O)[O-].[CH2]CCCCCCC.[CH2]CCCCCCC.[Sn+2]. The van der Waals surface area contributed by atoms with Crippen molar-refractivity contribution in [3.63, 3.8) is 0 Å². The van der Waals surface area contributed by atoms with E-state index in [1.54, 1.807) is 24.3 Å². The molecule has 0 amide bonds. The normalized spacial score (nSPS) is 10.7. The van der Waals surface area contributed by atoms with Gasteiger partial charge in [-0.3, -0.25) is 0 Å². The number of unbranched alkanes of at least 4 members (excludes halogenated alkanes) is 36. The molecular weight excluding hydrogens is 1060 g/mol. The summed E-state index contributed by atoms with van der Waals surface area (Å²) >= 11 is 0. The number of carbonyl (C=O) groups is 4. The topological polar surface area (TPSA) is 133 Å². The molecule has 0 aliphatic carbocycles. The Labute approximate surface area is 490 Å². The molecule has 2 aromatic rings. The molecule has 0 aromatic heterocycles. The largest absolute Gasteiger partial charge is 2.00 e. The van der Waals surface area contributed by atoms with Gasteiger partial charge in [0.2, 0.25) is 0 Å². The van der Waals surface area contributed by atoms with Crippen LogP contribution in [-0.4, -0.2) is 61.0 Å². The number of carboxylic acids is 2. The van der Waals surface area contributed by atoms with Gasteiger partial charge in [0.05, 0.1) is 23.1 Å². The van der Waals surface area contributed by atoms with Crippen LogP contribution >= 0.6 is 0 Å². The summed E-state index contributed by atoms with van der Waals surface area (Å²) in [7, 11) is 0. The number of benzene rings is 2. The van der Waals surface area contributed by atoms with E-state index in [9.17, 15) is 29.4 Å². The van der Waals surface area contributed by atoms with Crippen molar-refractivity contribution >= 4 is 47.8 Å². The van der Waals surface area contributed by atoms with Gasteiger partial charge in [0.1, 0.15) is 13.2 Å². The first-order valence-electron chi connectivity index (χ1n) is 31.0. The first-order chi connectivity index (χ1) is 37.2. The summed E-state index contributed by atoms with van der Waals surface area (Å²) in [5.74, 6) is -4.03. The molecular formula is C68H112O8Sn. The zero-order valence-corrected chi connectivity index (χ0v) is 52.7. The maximum absolute atomic E-state index is 12.0. The van der Waals surface area contributed by atoms with Crippen molar-refractivity contribution in [2.24, 2.45) is 0 Å². The molecule has 436 valence electrons. The summed E-state index contributed by atoms with van der Waals surface area (Å²) < 4.78 is 10.2.